The Hall–Kier alpha value is -1.19. The molecule has 1 aromatic rings. The Morgan fingerprint density at radius 3 is 3.25 bits per heavy atom. The van der Waals surface area contributed by atoms with Crippen molar-refractivity contribution in [3.05, 3.63) is 12.2 Å². The minimum absolute atomic E-state index is 0.688. The average Bonchev–Trinajstić information content (AvgIpc) is 2.19. The predicted octanol–water partition coefficient (Wildman–Crippen LogP) is -0.147. The van der Waals surface area contributed by atoms with E-state index in [1.165, 1.54) is 6.33 Å². The number of nitrogens with one attached hydrogen (secondary N) is 1. The lowest BCUT2D eigenvalue weighted by molar-refractivity contribution is 1.08. The number of aliphatic imine (C=N–C) groups is 1. The Morgan fingerprint density at radius 2 is 2.75 bits per heavy atom. The van der Waals surface area contributed by atoms with E-state index in [-0.39, 0.29) is 0 Å². The zero-order chi connectivity index (χ0) is 5.82. The fourth-order valence-corrected chi connectivity index (χ4v) is 0.399. The van der Waals surface area contributed by atoms with Crippen LogP contribution in [0, 0.1) is 0 Å². The second kappa shape index (κ2) is 2.20. The molecular formula is C4H6N4. The van der Waals surface area contributed by atoms with E-state index in [2.05, 4.69) is 20.2 Å². The van der Waals surface area contributed by atoms with Crippen LogP contribution in [0.5, 0.6) is 0 Å². The van der Waals surface area contributed by atoms with Gasteiger partial charge in [0.05, 0.1) is 6.21 Å². The van der Waals surface area contributed by atoms with Gasteiger partial charge in [-0.2, -0.15) is 5.10 Å². The molecule has 1 N–H and O–H groups in total. The smallest absolute Gasteiger partial charge is 0.166 e. The standard InChI is InChI=1S/C4H6N4/c1-5-2-4-6-3-7-8-4/h2-3H,1H3,(H,6,7,8). The van der Waals surface area contributed by atoms with Crippen molar-refractivity contribution in [1.29, 1.82) is 0 Å². The van der Waals surface area contributed by atoms with E-state index >= 15 is 0 Å². The normalized spacial score (nSPS) is 10.6. The summed E-state index contributed by atoms with van der Waals surface area (Å²) in [5.41, 5.74) is 0. The minimum atomic E-state index is 0.688. The summed E-state index contributed by atoms with van der Waals surface area (Å²) in [6, 6.07) is 0. The Kier molecular flexibility index (Phi) is 1.37. The molecule has 4 nitrogen and oxygen atoms in total. The lowest BCUT2D eigenvalue weighted by Crippen LogP contribution is -1.81. The number of hydrogen-bond donors (Lipinski definition) is 1. The monoisotopic (exact) mass is 110 g/mol. The fraction of sp³-hybridized carbons (Fsp3) is 0.250. The molecule has 0 radical (unpaired) electrons. The molecule has 8 heavy (non-hydrogen) atoms. The van der Waals surface area contributed by atoms with Crippen LogP contribution in [0.25, 0.3) is 0 Å². The highest BCUT2D eigenvalue weighted by Crippen LogP contribution is 1.75. The van der Waals surface area contributed by atoms with Gasteiger partial charge in [0.15, 0.2) is 5.82 Å². The molecule has 4 heteroatoms. The van der Waals surface area contributed by atoms with Crippen molar-refractivity contribution >= 4 is 6.21 Å². The number of aromatic nitrogens is 3. The summed E-state index contributed by atoms with van der Waals surface area (Å²) in [5.74, 6) is 0.688. The Labute approximate surface area is 46.7 Å². The highest BCUT2D eigenvalue weighted by molar-refractivity contribution is 5.73. The third-order valence-corrected chi connectivity index (χ3v) is 0.685. The molecule has 0 fully saturated rings. The van der Waals surface area contributed by atoms with Gasteiger partial charge in [0.2, 0.25) is 0 Å². The van der Waals surface area contributed by atoms with Gasteiger partial charge in [-0.15, -0.1) is 0 Å². The minimum Gasteiger partial charge on any atom is -0.293 e. The van der Waals surface area contributed by atoms with Gasteiger partial charge in [0.25, 0.3) is 0 Å². The maximum atomic E-state index is 3.79. The summed E-state index contributed by atoms with van der Waals surface area (Å²) in [6.07, 6.45) is 3.05. The molecular weight excluding hydrogens is 104 g/mol. The summed E-state index contributed by atoms with van der Waals surface area (Å²) in [4.78, 5) is 7.51. The topological polar surface area (TPSA) is 53.9 Å². The molecule has 0 amide bonds. The zero-order valence-electron chi connectivity index (χ0n) is 4.50. The SMILES string of the molecule is CN=Cc1ncn[nH]1. The number of nitrogens with zero attached hydrogens (tertiary/aromatic N) is 3. The van der Waals surface area contributed by atoms with Crippen molar-refractivity contribution in [2.24, 2.45) is 4.99 Å². The lowest BCUT2D eigenvalue weighted by Gasteiger charge is -1.73. The quantitative estimate of drug-likeness (QED) is 0.511. The third kappa shape index (κ3) is 0.900. The van der Waals surface area contributed by atoms with Crippen LogP contribution in [0.3, 0.4) is 0 Å². The van der Waals surface area contributed by atoms with Crippen molar-refractivity contribution in [2.45, 2.75) is 0 Å². The van der Waals surface area contributed by atoms with Crippen molar-refractivity contribution < 1.29 is 0 Å². The second-order valence-electron chi connectivity index (χ2n) is 1.26. The van der Waals surface area contributed by atoms with Gasteiger partial charge < -0.3 is 0 Å². The number of hydrogen-bond acceptors (Lipinski definition) is 3. The maximum Gasteiger partial charge on any atom is 0.166 e. The molecule has 0 spiro atoms. The molecule has 0 atom stereocenters. The largest absolute Gasteiger partial charge is 0.293 e. The molecule has 1 aromatic heterocycles. The van der Waals surface area contributed by atoms with E-state index in [9.17, 15) is 0 Å². The van der Waals surface area contributed by atoms with Crippen molar-refractivity contribution in [3.8, 4) is 0 Å². The van der Waals surface area contributed by atoms with E-state index in [1.807, 2.05) is 0 Å². The molecule has 0 aromatic carbocycles. The molecule has 0 aliphatic rings. The van der Waals surface area contributed by atoms with Gasteiger partial charge in [0, 0.05) is 7.05 Å². The van der Waals surface area contributed by atoms with Gasteiger partial charge >= 0.3 is 0 Å². The first-order valence-electron chi connectivity index (χ1n) is 2.21. The van der Waals surface area contributed by atoms with Crippen LogP contribution >= 0.6 is 0 Å². The fourth-order valence-electron chi connectivity index (χ4n) is 0.399. The van der Waals surface area contributed by atoms with Crippen LogP contribution in [-0.2, 0) is 0 Å². The first-order valence-corrected chi connectivity index (χ1v) is 2.21. The van der Waals surface area contributed by atoms with Crippen LogP contribution in [0.1, 0.15) is 5.82 Å². The summed E-state index contributed by atoms with van der Waals surface area (Å²) in [5, 5.41) is 6.24. The molecule has 0 aliphatic carbocycles. The molecule has 0 saturated carbocycles. The van der Waals surface area contributed by atoms with E-state index < -0.39 is 0 Å². The van der Waals surface area contributed by atoms with E-state index in [0.29, 0.717) is 5.82 Å². The Balaban J connectivity index is 2.77. The van der Waals surface area contributed by atoms with Crippen molar-refractivity contribution in [1.82, 2.24) is 15.2 Å². The number of aromatic amines is 1. The summed E-state index contributed by atoms with van der Waals surface area (Å²) in [7, 11) is 1.68. The van der Waals surface area contributed by atoms with E-state index in [4.69, 9.17) is 0 Å². The first kappa shape index (κ1) is 4.96. The van der Waals surface area contributed by atoms with Crippen LogP contribution < -0.4 is 0 Å². The molecule has 1 rings (SSSR count). The molecule has 0 aliphatic heterocycles. The highest BCUT2D eigenvalue weighted by Gasteiger charge is 1.82. The molecule has 0 bridgehead atoms. The third-order valence-electron chi connectivity index (χ3n) is 0.685. The summed E-state index contributed by atoms with van der Waals surface area (Å²) >= 11 is 0. The number of rotatable bonds is 1. The Morgan fingerprint density at radius 1 is 1.88 bits per heavy atom. The van der Waals surface area contributed by atoms with Crippen LogP contribution in [0.2, 0.25) is 0 Å². The van der Waals surface area contributed by atoms with E-state index in [0.717, 1.165) is 0 Å². The Bertz CT molecular complexity index is 164. The highest BCUT2D eigenvalue weighted by atomic mass is 15.2. The summed E-state index contributed by atoms with van der Waals surface area (Å²) in [6.45, 7) is 0. The van der Waals surface area contributed by atoms with Crippen LogP contribution in [-0.4, -0.2) is 28.4 Å². The summed E-state index contributed by atoms with van der Waals surface area (Å²) < 4.78 is 0. The zero-order valence-corrected chi connectivity index (χ0v) is 4.50. The van der Waals surface area contributed by atoms with E-state index in [1.54, 1.807) is 13.3 Å². The van der Waals surface area contributed by atoms with Crippen LogP contribution in [0.15, 0.2) is 11.3 Å². The van der Waals surface area contributed by atoms with Crippen LogP contribution in [0.4, 0.5) is 0 Å². The van der Waals surface area contributed by atoms with Gasteiger partial charge in [-0.1, -0.05) is 0 Å². The molecule has 1 heterocycles. The first-order chi connectivity index (χ1) is 3.93. The second-order valence-corrected chi connectivity index (χ2v) is 1.26. The molecule has 0 unspecified atom stereocenters. The molecule has 0 saturated heterocycles. The van der Waals surface area contributed by atoms with Gasteiger partial charge in [0.1, 0.15) is 6.33 Å². The van der Waals surface area contributed by atoms with Gasteiger partial charge in [-0.25, -0.2) is 4.98 Å². The van der Waals surface area contributed by atoms with Gasteiger partial charge in [-0.3, -0.25) is 10.1 Å². The lowest BCUT2D eigenvalue weighted by atomic mass is 10.7. The molecule has 42 valence electrons. The van der Waals surface area contributed by atoms with Crippen molar-refractivity contribution in [3.63, 3.8) is 0 Å². The maximum absolute atomic E-state index is 3.79. The predicted molar refractivity (Wildman–Crippen MR) is 29.9 cm³/mol. The average molecular weight is 110 g/mol. The van der Waals surface area contributed by atoms with Crippen molar-refractivity contribution in [2.75, 3.05) is 7.05 Å². The number of H-pyrrole nitrogens is 1. The van der Waals surface area contributed by atoms with Gasteiger partial charge in [-0.05, 0) is 0 Å².